The Kier molecular flexibility index (Phi) is 10.7. The van der Waals surface area contributed by atoms with E-state index in [0.717, 1.165) is 33.7 Å². The van der Waals surface area contributed by atoms with Gasteiger partial charge in [-0.15, -0.1) is 0 Å². The van der Waals surface area contributed by atoms with Gasteiger partial charge >= 0.3 is 10.1 Å². The Hall–Kier alpha value is -10.0. The van der Waals surface area contributed by atoms with E-state index in [1.54, 1.807) is 6.07 Å². The summed E-state index contributed by atoms with van der Waals surface area (Å²) in [6, 6.07) is 73.9. The zero-order valence-corrected chi connectivity index (χ0v) is 49.5. The molecule has 7 heteroatoms. The monoisotopic (exact) mass is 1120 g/mol. The second-order valence-electron chi connectivity index (χ2n) is 25.9. The van der Waals surface area contributed by atoms with Crippen LogP contribution in [0, 0.1) is 0 Å². The van der Waals surface area contributed by atoms with Gasteiger partial charge in [0.1, 0.15) is 11.5 Å². The molecule has 6 nitrogen and oxygen atoms in total. The van der Waals surface area contributed by atoms with E-state index in [0.29, 0.717) is 13.5 Å². The van der Waals surface area contributed by atoms with Crippen LogP contribution in [0.1, 0.15) is 74.9 Å². The fourth-order valence-electron chi connectivity index (χ4n) is 16.4. The summed E-state index contributed by atoms with van der Waals surface area (Å²) in [5, 5.41) is 34.5. The molecule has 12 aromatic carbocycles. The Labute approximate surface area is 507 Å². The summed E-state index contributed by atoms with van der Waals surface area (Å²) < 4.78 is 17.2. The SMILES string of the molecule is CC1(C)c2c([nH+]cc3ccccc23)-c2c([O-])cc3ccc4ccccc4c3c21.CC1(C)c2cc3cc4ccccc4cc3[n+]3c2-c2c(cc4ccc5ccccc5c4c21)OC3.CC1(C)c2ccc[n+]3c2-c2c(cc4ccc5ccccc5c4c21)OC3.[Be+2]. The molecule has 3 aromatic heterocycles. The predicted molar refractivity (Wildman–Crippen MR) is 353 cm³/mol. The van der Waals surface area contributed by atoms with Gasteiger partial charge in [0.25, 0.3) is 13.5 Å². The molecule has 0 saturated carbocycles. The van der Waals surface area contributed by atoms with E-state index < -0.39 is 0 Å². The largest absolute Gasteiger partial charge is 2.00 e. The van der Waals surface area contributed by atoms with Crippen LogP contribution in [0.4, 0.5) is 0 Å². The van der Waals surface area contributed by atoms with Gasteiger partial charge in [0, 0.05) is 61.4 Å². The Morgan fingerprint density at radius 2 is 0.862 bits per heavy atom. The number of hydrogen-bond acceptors (Lipinski definition) is 3. The van der Waals surface area contributed by atoms with E-state index >= 15 is 0 Å². The number of benzene rings is 12. The second-order valence-corrected chi connectivity index (χ2v) is 25.9. The molecule has 410 valence electrons. The van der Waals surface area contributed by atoms with Crippen LogP contribution in [0.15, 0.2) is 219 Å². The average molecular weight is 1120 g/mol. The fourth-order valence-corrected chi connectivity index (χ4v) is 16.4. The molecule has 0 saturated heterocycles. The number of ether oxygens (including phenoxy) is 2. The summed E-state index contributed by atoms with van der Waals surface area (Å²) in [5.41, 5.74) is 15.8. The maximum Gasteiger partial charge on any atom is 2.00 e. The first-order valence-electron chi connectivity index (χ1n) is 30.1. The van der Waals surface area contributed by atoms with Crippen molar-refractivity contribution in [1.29, 1.82) is 0 Å². The molecule has 0 amide bonds. The molecule has 87 heavy (non-hydrogen) atoms. The summed E-state index contributed by atoms with van der Waals surface area (Å²) in [6.07, 6.45) is 4.15. The number of hydrogen-bond donors (Lipinski definition) is 0. The third kappa shape index (κ3) is 6.93. The minimum Gasteiger partial charge on any atom is -0.872 e. The van der Waals surface area contributed by atoms with Crippen LogP contribution in [0.3, 0.4) is 0 Å². The van der Waals surface area contributed by atoms with E-state index in [9.17, 15) is 5.11 Å². The predicted octanol–water partition coefficient (Wildman–Crippen LogP) is 17.1. The average Bonchev–Trinajstić information content (AvgIpc) is 1.60. The topological polar surface area (TPSA) is 63.4 Å². The van der Waals surface area contributed by atoms with Crippen LogP contribution in [0.25, 0.3) is 131 Å². The number of nitrogens with zero attached hydrogens (tertiary/aromatic N) is 2. The minimum atomic E-state index is -0.273. The van der Waals surface area contributed by atoms with Gasteiger partial charge in [-0.3, -0.25) is 0 Å². The van der Waals surface area contributed by atoms with Gasteiger partial charge in [0.2, 0.25) is 22.6 Å². The van der Waals surface area contributed by atoms with Crippen LogP contribution in [0.5, 0.6) is 17.2 Å². The molecule has 20 rings (SSSR count). The maximum atomic E-state index is 13.2. The Balaban J connectivity index is 0.000000102. The third-order valence-electron chi connectivity index (χ3n) is 20.2. The number of fused-ring (bicyclic) bond motifs is 20. The first-order chi connectivity index (χ1) is 41.8. The van der Waals surface area contributed by atoms with Crippen molar-refractivity contribution in [1.82, 2.24) is 0 Å². The van der Waals surface area contributed by atoms with Crippen LogP contribution in [-0.2, 0) is 29.7 Å². The molecule has 0 unspecified atom stereocenters. The molecule has 5 aliphatic rings. The Morgan fingerprint density at radius 3 is 1.46 bits per heavy atom. The summed E-state index contributed by atoms with van der Waals surface area (Å²) in [4.78, 5) is 3.46. The normalized spacial score (nSPS) is 15.1. The number of aromatic nitrogens is 3. The second kappa shape index (κ2) is 18.0. The minimum absolute atomic E-state index is 0. The molecular formula is C80H59BeN3O3+4. The van der Waals surface area contributed by atoms with Crippen molar-refractivity contribution in [3.8, 4) is 51.0 Å². The number of nitrogens with one attached hydrogen (secondary N) is 1. The van der Waals surface area contributed by atoms with Crippen molar-refractivity contribution in [2.45, 2.75) is 71.2 Å². The van der Waals surface area contributed by atoms with E-state index in [4.69, 9.17) is 9.47 Å². The van der Waals surface area contributed by atoms with E-state index in [1.165, 1.54) is 142 Å². The molecule has 0 radical (unpaired) electrons. The Morgan fingerprint density at radius 1 is 0.391 bits per heavy atom. The molecule has 0 spiro atoms. The molecule has 0 fully saturated rings. The number of aromatic amines is 1. The van der Waals surface area contributed by atoms with Gasteiger partial charge in [-0.1, -0.05) is 205 Å². The van der Waals surface area contributed by atoms with Crippen molar-refractivity contribution >= 4 is 107 Å². The van der Waals surface area contributed by atoms with E-state index in [2.05, 4.69) is 262 Å². The van der Waals surface area contributed by atoms with Crippen molar-refractivity contribution in [3.05, 3.63) is 252 Å². The molecule has 2 aliphatic heterocycles. The summed E-state index contributed by atoms with van der Waals surface area (Å²) in [7, 11) is 0. The summed E-state index contributed by atoms with van der Waals surface area (Å²) in [6.45, 7) is 15.1. The van der Waals surface area contributed by atoms with Crippen LogP contribution >= 0.6 is 0 Å². The van der Waals surface area contributed by atoms with Gasteiger partial charge in [-0.2, -0.15) is 9.13 Å². The Bertz CT molecular complexity index is 5610. The first-order valence-corrected chi connectivity index (χ1v) is 30.1. The van der Waals surface area contributed by atoms with Crippen LogP contribution in [0.2, 0.25) is 0 Å². The zero-order valence-electron chi connectivity index (χ0n) is 49.5. The number of rotatable bonds is 0. The standard InChI is InChI=1S/C31H22NO.C26H19NO.C23H18NO.Be/c1-31(2)24-14-22-13-19-8-3-4-9-20(19)15-25(22)32-17-33-26-16-21-12-11-18-7-5-6-10-23(18)27(21)29(31)28(26)30(24)32;1-26(2)23-19-10-6-4-8-17(19)14-27-25(23)22-20(28)13-16-12-11-15-7-3-5-9-18(15)21(16)24(22)26;1-23(2)17-8-5-11-24-13-25-18-12-15-10-9-14-6-3-4-7-16(14)19(15)21(23)20(18)22(17)24;/h3-16H,17H2,1-2H3;3-14,28H,1-2H3;3-12H,13H2,1-2H3;/q+1;;+1;+2. The quantitative estimate of drug-likeness (QED) is 0.0658. The van der Waals surface area contributed by atoms with Gasteiger partial charge in [0.05, 0.1) is 11.1 Å². The van der Waals surface area contributed by atoms with Gasteiger partial charge in [-0.25, -0.2) is 4.98 Å². The maximum absolute atomic E-state index is 13.2. The molecule has 1 N–H and O–H groups in total. The first kappa shape index (κ1) is 51.4. The molecule has 0 atom stereocenters. The number of H-pyrrole nitrogens is 1. The van der Waals surface area contributed by atoms with Crippen LogP contribution in [-0.4, -0.2) is 10.1 Å². The smallest absolute Gasteiger partial charge is 0.872 e. The van der Waals surface area contributed by atoms with Gasteiger partial charge in [-0.05, 0) is 134 Å². The van der Waals surface area contributed by atoms with Gasteiger partial charge < -0.3 is 14.6 Å². The van der Waals surface area contributed by atoms with Crippen molar-refractivity contribution in [3.63, 3.8) is 0 Å². The molecule has 15 aromatic rings. The number of pyridine rings is 3. The molecule has 3 aliphatic carbocycles. The zero-order chi connectivity index (χ0) is 57.7. The van der Waals surface area contributed by atoms with Crippen molar-refractivity contribution < 1.29 is 28.7 Å². The fraction of sp³-hybridized carbons (Fsp3) is 0.138. The molecular weight excluding hydrogens is 1060 g/mol. The molecule has 5 heterocycles. The van der Waals surface area contributed by atoms with E-state index in [1.807, 2.05) is 6.20 Å². The van der Waals surface area contributed by atoms with E-state index in [-0.39, 0.29) is 32.1 Å². The van der Waals surface area contributed by atoms with Gasteiger partial charge in [0.15, 0.2) is 12.4 Å². The third-order valence-corrected chi connectivity index (χ3v) is 20.2. The van der Waals surface area contributed by atoms with Crippen molar-refractivity contribution in [2.24, 2.45) is 0 Å². The van der Waals surface area contributed by atoms with Crippen LogP contribution < -0.4 is 28.7 Å². The summed E-state index contributed by atoms with van der Waals surface area (Å²) in [5.74, 6) is 2.13. The van der Waals surface area contributed by atoms with Crippen molar-refractivity contribution in [2.75, 3.05) is 0 Å². The summed E-state index contributed by atoms with van der Waals surface area (Å²) >= 11 is 0. The molecule has 0 bridgehead atoms.